The molecule has 96 valence electrons. The van der Waals surface area contributed by atoms with Crippen molar-refractivity contribution in [2.75, 3.05) is 5.32 Å². The van der Waals surface area contributed by atoms with Crippen molar-refractivity contribution in [3.8, 4) is 0 Å². The molecule has 0 unspecified atom stereocenters. The summed E-state index contributed by atoms with van der Waals surface area (Å²) in [6, 6.07) is 15.1. The molecule has 1 aromatic heterocycles. The van der Waals surface area contributed by atoms with Gasteiger partial charge in [0, 0.05) is 16.9 Å². The van der Waals surface area contributed by atoms with E-state index in [1.165, 1.54) is 32.5 Å². The molecule has 19 heavy (non-hydrogen) atoms. The van der Waals surface area contributed by atoms with Crippen molar-refractivity contribution in [1.82, 2.24) is 0 Å². The summed E-state index contributed by atoms with van der Waals surface area (Å²) in [7, 11) is 0. The van der Waals surface area contributed by atoms with E-state index >= 15 is 0 Å². The first-order valence-electron chi connectivity index (χ1n) is 6.50. The quantitative estimate of drug-likeness (QED) is 0.693. The molecular formula is C17H17NS. The summed E-state index contributed by atoms with van der Waals surface area (Å²) in [6.07, 6.45) is 0. The molecule has 2 aromatic carbocycles. The molecule has 0 amide bonds. The Morgan fingerprint density at radius 2 is 1.89 bits per heavy atom. The molecule has 2 heteroatoms. The molecule has 0 aliphatic carbocycles. The molecule has 0 bridgehead atoms. The minimum atomic E-state index is 0.883. The number of rotatable bonds is 3. The highest BCUT2D eigenvalue weighted by molar-refractivity contribution is 7.17. The Morgan fingerprint density at radius 3 is 2.79 bits per heavy atom. The molecule has 3 aromatic rings. The highest BCUT2D eigenvalue weighted by atomic mass is 32.1. The highest BCUT2D eigenvalue weighted by Crippen LogP contribution is 2.26. The van der Waals surface area contributed by atoms with Gasteiger partial charge in [-0.05, 0) is 53.4 Å². The lowest BCUT2D eigenvalue weighted by atomic mass is 10.1. The summed E-state index contributed by atoms with van der Waals surface area (Å²) in [6.45, 7) is 5.16. The molecular weight excluding hydrogens is 250 g/mol. The third-order valence-corrected chi connectivity index (χ3v) is 4.44. The monoisotopic (exact) mass is 267 g/mol. The molecule has 1 N–H and O–H groups in total. The molecule has 0 atom stereocenters. The Hall–Kier alpha value is -1.80. The van der Waals surface area contributed by atoms with E-state index in [4.69, 9.17) is 0 Å². The van der Waals surface area contributed by atoms with Crippen molar-refractivity contribution in [2.45, 2.75) is 20.4 Å². The second-order valence-electron chi connectivity index (χ2n) is 4.93. The summed E-state index contributed by atoms with van der Waals surface area (Å²) in [5.74, 6) is 0. The predicted octanol–water partition coefficient (Wildman–Crippen LogP) is 5.13. The molecule has 0 saturated heterocycles. The molecule has 0 fully saturated rings. The summed E-state index contributed by atoms with van der Waals surface area (Å²) < 4.78 is 1.36. The molecule has 0 spiro atoms. The number of thiophene rings is 1. The van der Waals surface area contributed by atoms with Gasteiger partial charge in [-0.15, -0.1) is 11.3 Å². The van der Waals surface area contributed by atoms with Gasteiger partial charge in [-0.2, -0.15) is 0 Å². The molecule has 0 aliphatic heterocycles. The van der Waals surface area contributed by atoms with Crippen LogP contribution in [0.1, 0.15) is 16.7 Å². The van der Waals surface area contributed by atoms with Crippen LogP contribution in [-0.4, -0.2) is 0 Å². The van der Waals surface area contributed by atoms with Gasteiger partial charge in [-0.25, -0.2) is 0 Å². The van der Waals surface area contributed by atoms with Crippen LogP contribution < -0.4 is 5.32 Å². The molecule has 1 nitrogen and oxygen atoms in total. The van der Waals surface area contributed by atoms with Crippen LogP contribution >= 0.6 is 11.3 Å². The third kappa shape index (κ3) is 2.49. The van der Waals surface area contributed by atoms with E-state index in [0.717, 1.165) is 6.54 Å². The molecule has 0 aliphatic rings. The first-order valence-corrected chi connectivity index (χ1v) is 7.38. The van der Waals surface area contributed by atoms with Crippen LogP contribution in [-0.2, 0) is 6.54 Å². The van der Waals surface area contributed by atoms with Crippen molar-refractivity contribution in [2.24, 2.45) is 0 Å². The third-order valence-electron chi connectivity index (χ3n) is 3.42. The van der Waals surface area contributed by atoms with Gasteiger partial charge in [0.15, 0.2) is 0 Å². The Labute approximate surface area is 117 Å². The van der Waals surface area contributed by atoms with Crippen molar-refractivity contribution in [3.05, 3.63) is 64.5 Å². The van der Waals surface area contributed by atoms with E-state index in [1.807, 2.05) is 11.3 Å². The van der Waals surface area contributed by atoms with Gasteiger partial charge in [0.1, 0.15) is 0 Å². The Morgan fingerprint density at radius 1 is 1.05 bits per heavy atom. The van der Waals surface area contributed by atoms with E-state index in [2.05, 4.69) is 67.0 Å². The fraction of sp³-hybridized carbons (Fsp3) is 0.176. The largest absolute Gasteiger partial charge is 0.381 e. The molecule has 3 rings (SSSR count). The van der Waals surface area contributed by atoms with Crippen molar-refractivity contribution < 1.29 is 0 Å². The van der Waals surface area contributed by atoms with Crippen LogP contribution in [0, 0.1) is 13.8 Å². The second-order valence-corrected chi connectivity index (χ2v) is 5.84. The number of hydrogen-bond acceptors (Lipinski definition) is 2. The van der Waals surface area contributed by atoms with Gasteiger partial charge in [0.25, 0.3) is 0 Å². The van der Waals surface area contributed by atoms with E-state index in [1.54, 1.807) is 0 Å². The van der Waals surface area contributed by atoms with E-state index in [0.29, 0.717) is 0 Å². The Balaban J connectivity index is 1.84. The number of hydrogen-bond donors (Lipinski definition) is 1. The number of aryl methyl sites for hydroxylation is 2. The van der Waals surface area contributed by atoms with Crippen LogP contribution in [0.3, 0.4) is 0 Å². The average molecular weight is 267 g/mol. The zero-order valence-electron chi connectivity index (χ0n) is 11.2. The number of anilines is 1. The lowest BCUT2D eigenvalue weighted by molar-refractivity contribution is 1.16. The summed E-state index contributed by atoms with van der Waals surface area (Å²) >= 11 is 1.82. The van der Waals surface area contributed by atoms with Gasteiger partial charge in [0.2, 0.25) is 0 Å². The Kier molecular flexibility index (Phi) is 3.26. The van der Waals surface area contributed by atoms with Gasteiger partial charge in [-0.1, -0.05) is 30.3 Å². The molecule has 0 radical (unpaired) electrons. The maximum Gasteiger partial charge on any atom is 0.0415 e. The zero-order valence-corrected chi connectivity index (χ0v) is 12.1. The van der Waals surface area contributed by atoms with Crippen molar-refractivity contribution in [3.63, 3.8) is 0 Å². The molecule has 1 heterocycles. The molecule has 0 saturated carbocycles. The maximum atomic E-state index is 3.55. The van der Waals surface area contributed by atoms with Crippen LogP contribution in [0.4, 0.5) is 5.69 Å². The van der Waals surface area contributed by atoms with Gasteiger partial charge < -0.3 is 5.32 Å². The number of benzene rings is 2. The first-order chi connectivity index (χ1) is 9.24. The fourth-order valence-electron chi connectivity index (χ4n) is 2.29. The average Bonchev–Trinajstić information content (AvgIpc) is 2.83. The summed E-state index contributed by atoms with van der Waals surface area (Å²) in [5.41, 5.74) is 5.20. The summed E-state index contributed by atoms with van der Waals surface area (Å²) in [5, 5.41) is 7.17. The lowest BCUT2D eigenvalue weighted by Crippen LogP contribution is -2.00. The van der Waals surface area contributed by atoms with Gasteiger partial charge >= 0.3 is 0 Å². The van der Waals surface area contributed by atoms with Gasteiger partial charge in [-0.3, -0.25) is 0 Å². The standard InChI is InChI=1S/C17H17NS/c1-12-7-8-13(2)16(9-12)18-10-14-11-19-17-6-4-3-5-15(14)17/h3-9,11,18H,10H2,1-2H3. The maximum absolute atomic E-state index is 3.55. The van der Waals surface area contributed by atoms with Crippen LogP contribution in [0.25, 0.3) is 10.1 Å². The SMILES string of the molecule is Cc1ccc(C)c(NCc2csc3ccccc23)c1. The van der Waals surface area contributed by atoms with Crippen LogP contribution in [0.5, 0.6) is 0 Å². The fourth-order valence-corrected chi connectivity index (χ4v) is 3.25. The highest BCUT2D eigenvalue weighted by Gasteiger charge is 2.04. The van der Waals surface area contributed by atoms with E-state index in [-0.39, 0.29) is 0 Å². The van der Waals surface area contributed by atoms with Crippen LogP contribution in [0.15, 0.2) is 47.8 Å². The normalized spacial score (nSPS) is 10.8. The van der Waals surface area contributed by atoms with E-state index in [9.17, 15) is 0 Å². The first kappa shape index (κ1) is 12.2. The summed E-state index contributed by atoms with van der Waals surface area (Å²) in [4.78, 5) is 0. The lowest BCUT2D eigenvalue weighted by Gasteiger charge is -2.10. The predicted molar refractivity (Wildman–Crippen MR) is 85.1 cm³/mol. The van der Waals surface area contributed by atoms with E-state index < -0.39 is 0 Å². The number of fused-ring (bicyclic) bond motifs is 1. The second kappa shape index (κ2) is 5.06. The smallest absolute Gasteiger partial charge is 0.0415 e. The minimum absolute atomic E-state index is 0.883. The topological polar surface area (TPSA) is 12.0 Å². The number of nitrogens with one attached hydrogen (secondary N) is 1. The zero-order chi connectivity index (χ0) is 13.2. The van der Waals surface area contributed by atoms with Crippen LogP contribution in [0.2, 0.25) is 0 Å². The van der Waals surface area contributed by atoms with Crippen molar-refractivity contribution >= 4 is 27.1 Å². The van der Waals surface area contributed by atoms with Gasteiger partial charge in [0.05, 0.1) is 0 Å². The van der Waals surface area contributed by atoms with Crippen molar-refractivity contribution in [1.29, 1.82) is 0 Å². The minimum Gasteiger partial charge on any atom is -0.381 e. The Bertz CT molecular complexity index is 712.